The third-order valence-corrected chi connectivity index (χ3v) is 3.09. The van der Waals surface area contributed by atoms with Crippen LogP contribution in [-0.4, -0.2) is 18.1 Å². The molecule has 1 N–H and O–H groups in total. The van der Waals surface area contributed by atoms with E-state index < -0.39 is 5.97 Å². The summed E-state index contributed by atoms with van der Waals surface area (Å²) in [5, 5.41) is 3.27. The van der Waals surface area contributed by atoms with E-state index in [-0.39, 0.29) is 5.76 Å². The van der Waals surface area contributed by atoms with Crippen LogP contribution in [0.3, 0.4) is 0 Å². The van der Waals surface area contributed by atoms with Crippen LogP contribution in [-0.2, 0) is 24.2 Å². The van der Waals surface area contributed by atoms with Gasteiger partial charge in [-0.3, -0.25) is 4.98 Å². The molecule has 5 nitrogen and oxygen atoms in total. The Balaban J connectivity index is 1.96. The van der Waals surface area contributed by atoms with E-state index in [4.69, 9.17) is 4.42 Å². The van der Waals surface area contributed by atoms with Crippen molar-refractivity contribution in [3.63, 3.8) is 0 Å². The smallest absolute Gasteiger partial charge is 0.374 e. The number of furan rings is 1. The predicted octanol–water partition coefficient (Wildman–Crippen LogP) is 2.31. The van der Waals surface area contributed by atoms with Crippen LogP contribution < -0.4 is 5.32 Å². The Labute approximate surface area is 118 Å². The van der Waals surface area contributed by atoms with Crippen LogP contribution in [0, 0.1) is 0 Å². The minimum absolute atomic E-state index is 0.247. The molecule has 2 aromatic rings. The fraction of sp³-hybridized carbons (Fsp3) is 0.333. The highest BCUT2D eigenvalue weighted by molar-refractivity contribution is 5.87. The zero-order chi connectivity index (χ0) is 14.4. The molecule has 0 atom stereocenters. The zero-order valence-corrected chi connectivity index (χ0v) is 11.7. The molecule has 2 aromatic heterocycles. The van der Waals surface area contributed by atoms with Crippen LogP contribution in [0.5, 0.6) is 0 Å². The van der Waals surface area contributed by atoms with E-state index in [9.17, 15) is 4.79 Å². The molecule has 0 fully saturated rings. The lowest BCUT2D eigenvalue weighted by Crippen LogP contribution is -2.16. The second-order valence-corrected chi connectivity index (χ2v) is 4.33. The third kappa shape index (κ3) is 3.24. The topological polar surface area (TPSA) is 64.4 Å². The standard InChI is InChI=1S/C15H18N2O3/c1-3-11-5-4-7-17-13(11)10-16-9-12-6-8-20-14(12)15(18)19-2/h4-8,16H,3,9-10H2,1-2H3. The van der Waals surface area contributed by atoms with E-state index >= 15 is 0 Å². The highest BCUT2D eigenvalue weighted by atomic mass is 16.5. The first-order chi connectivity index (χ1) is 9.76. The van der Waals surface area contributed by atoms with Gasteiger partial charge >= 0.3 is 5.97 Å². The number of aromatic nitrogens is 1. The van der Waals surface area contributed by atoms with E-state index in [0.717, 1.165) is 17.7 Å². The lowest BCUT2D eigenvalue weighted by Gasteiger charge is -2.08. The molecule has 0 aromatic carbocycles. The van der Waals surface area contributed by atoms with Gasteiger partial charge in [0.1, 0.15) is 0 Å². The Hall–Kier alpha value is -2.14. The Morgan fingerprint density at radius 1 is 1.35 bits per heavy atom. The second kappa shape index (κ2) is 6.86. The minimum atomic E-state index is -0.459. The largest absolute Gasteiger partial charge is 0.463 e. The summed E-state index contributed by atoms with van der Waals surface area (Å²) in [7, 11) is 1.34. The number of pyridine rings is 1. The normalized spacial score (nSPS) is 10.5. The number of rotatable bonds is 6. The van der Waals surface area contributed by atoms with Gasteiger partial charge in [-0.25, -0.2) is 4.79 Å². The van der Waals surface area contributed by atoms with Crippen LogP contribution >= 0.6 is 0 Å². The number of ether oxygens (including phenoxy) is 1. The first kappa shape index (κ1) is 14.3. The maximum Gasteiger partial charge on any atom is 0.374 e. The quantitative estimate of drug-likeness (QED) is 0.819. The SMILES string of the molecule is CCc1cccnc1CNCc1ccoc1C(=O)OC. The Morgan fingerprint density at radius 3 is 2.95 bits per heavy atom. The molecule has 0 aliphatic rings. The Kier molecular flexibility index (Phi) is 4.90. The molecule has 0 radical (unpaired) electrons. The number of hydrogen-bond acceptors (Lipinski definition) is 5. The molecule has 0 aliphatic heterocycles. The van der Waals surface area contributed by atoms with Crippen LogP contribution in [0.25, 0.3) is 0 Å². The first-order valence-corrected chi connectivity index (χ1v) is 6.54. The maximum absolute atomic E-state index is 11.5. The minimum Gasteiger partial charge on any atom is -0.463 e. The molecule has 0 spiro atoms. The van der Waals surface area contributed by atoms with Crippen molar-refractivity contribution in [3.05, 3.63) is 53.2 Å². The van der Waals surface area contributed by atoms with Crippen molar-refractivity contribution in [1.82, 2.24) is 10.3 Å². The van der Waals surface area contributed by atoms with Gasteiger partial charge in [0.2, 0.25) is 5.76 Å². The van der Waals surface area contributed by atoms with Crippen LogP contribution in [0.4, 0.5) is 0 Å². The molecule has 0 saturated heterocycles. The molecular formula is C15H18N2O3. The fourth-order valence-electron chi connectivity index (χ4n) is 2.01. The highest BCUT2D eigenvalue weighted by Crippen LogP contribution is 2.12. The van der Waals surface area contributed by atoms with Crippen molar-refractivity contribution in [2.45, 2.75) is 26.4 Å². The molecule has 0 aliphatic carbocycles. The van der Waals surface area contributed by atoms with Crippen molar-refractivity contribution in [3.8, 4) is 0 Å². The van der Waals surface area contributed by atoms with Crippen molar-refractivity contribution >= 4 is 5.97 Å². The molecule has 106 valence electrons. The number of esters is 1. The molecule has 0 saturated carbocycles. The number of carbonyl (C=O) groups excluding carboxylic acids is 1. The summed E-state index contributed by atoms with van der Waals surface area (Å²) in [4.78, 5) is 15.8. The lowest BCUT2D eigenvalue weighted by atomic mass is 10.1. The van der Waals surface area contributed by atoms with Crippen LogP contribution in [0.1, 0.15) is 34.3 Å². The summed E-state index contributed by atoms with van der Waals surface area (Å²) in [5.41, 5.74) is 3.03. The van der Waals surface area contributed by atoms with Crippen molar-refractivity contribution in [2.24, 2.45) is 0 Å². The molecule has 2 rings (SSSR count). The van der Waals surface area contributed by atoms with Gasteiger partial charge in [-0.05, 0) is 24.1 Å². The fourth-order valence-corrected chi connectivity index (χ4v) is 2.01. The van der Waals surface area contributed by atoms with Crippen molar-refractivity contribution < 1.29 is 13.9 Å². The molecule has 5 heteroatoms. The van der Waals surface area contributed by atoms with Crippen LogP contribution in [0.15, 0.2) is 35.1 Å². The van der Waals surface area contributed by atoms with Gasteiger partial charge < -0.3 is 14.5 Å². The predicted molar refractivity (Wildman–Crippen MR) is 74.2 cm³/mol. The second-order valence-electron chi connectivity index (χ2n) is 4.33. The first-order valence-electron chi connectivity index (χ1n) is 6.54. The molecule has 2 heterocycles. The van der Waals surface area contributed by atoms with Crippen molar-refractivity contribution in [1.29, 1.82) is 0 Å². The molecule has 0 amide bonds. The zero-order valence-electron chi connectivity index (χ0n) is 11.7. The van der Waals surface area contributed by atoms with E-state index in [2.05, 4.69) is 28.0 Å². The summed E-state index contributed by atoms with van der Waals surface area (Å²) in [6.07, 6.45) is 4.22. The van der Waals surface area contributed by atoms with Gasteiger partial charge in [-0.1, -0.05) is 13.0 Å². The monoisotopic (exact) mass is 274 g/mol. The van der Waals surface area contributed by atoms with Gasteiger partial charge in [-0.15, -0.1) is 0 Å². The summed E-state index contributed by atoms with van der Waals surface area (Å²) in [6, 6.07) is 5.77. The van der Waals surface area contributed by atoms with E-state index in [1.165, 1.54) is 18.9 Å². The highest BCUT2D eigenvalue weighted by Gasteiger charge is 2.15. The van der Waals surface area contributed by atoms with Gasteiger partial charge in [-0.2, -0.15) is 0 Å². The van der Waals surface area contributed by atoms with Crippen molar-refractivity contribution in [2.75, 3.05) is 7.11 Å². The third-order valence-electron chi connectivity index (χ3n) is 3.09. The van der Waals surface area contributed by atoms with E-state index in [0.29, 0.717) is 13.1 Å². The number of aryl methyl sites for hydroxylation is 1. The Morgan fingerprint density at radius 2 is 2.20 bits per heavy atom. The average molecular weight is 274 g/mol. The lowest BCUT2D eigenvalue weighted by molar-refractivity contribution is 0.0563. The van der Waals surface area contributed by atoms with Crippen LogP contribution in [0.2, 0.25) is 0 Å². The summed E-state index contributed by atoms with van der Waals surface area (Å²) in [5.74, 6) is -0.212. The van der Waals surface area contributed by atoms with Gasteiger partial charge in [0.15, 0.2) is 0 Å². The molecule has 0 unspecified atom stereocenters. The summed E-state index contributed by atoms with van der Waals surface area (Å²) in [6.45, 7) is 3.28. The maximum atomic E-state index is 11.5. The van der Waals surface area contributed by atoms with Gasteiger partial charge in [0, 0.05) is 24.8 Å². The number of hydrogen-bond donors (Lipinski definition) is 1. The number of methoxy groups -OCH3 is 1. The Bertz CT molecular complexity index is 578. The van der Waals surface area contributed by atoms with Gasteiger partial charge in [0.25, 0.3) is 0 Å². The summed E-state index contributed by atoms with van der Waals surface area (Å²) < 4.78 is 9.80. The van der Waals surface area contributed by atoms with Gasteiger partial charge in [0.05, 0.1) is 19.1 Å². The number of carbonyl (C=O) groups is 1. The number of nitrogens with zero attached hydrogens (tertiary/aromatic N) is 1. The molecular weight excluding hydrogens is 256 g/mol. The molecule has 20 heavy (non-hydrogen) atoms. The van der Waals surface area contributed by atoms with E-state index in [1.54, 1.807) is 12.3 Å². The number of nitrogens with one attached hydrogen (secondary N) is 1. The average Bonchev–Trinajstić information content (AvgIpc) is 2.95. The molecule has 0 bridgehead atoms. The van der Waals surface area contributed by atoms with E-state index in [1.807, 2.05) is 6.07 Å². The summed E-state index contributed by atoms with van der Waals surface area (Å²) >= 11 is 0.